The van der Waals surface area contributed by atoms with Gasteiger partial charge in [-0.3, -0.25) is 19.0 Å². The van der Waals surface area contributed by atoms with Crippen molar-refractivity contribution in [2.45, 2.75) is 32.7 Å². The average Bonchev–Trinajstić information content (AvgIpc) is 2.88. The number of carbonyl (C=O) groups is 2. The number of pyridine rings is 1. The summed E-state index contributed by atoms with van der Waals surface area (Å²) in [6.45, 7) is 2.04. The molecule has 0 aliphatic carbocycles. The number of aryl methyl sites for hydroxylation is 1. The van der Waals surface area contributed by atoms with Crippen LogP contribution in [0.4, 0.5) is 0 Å². The van der Waals surface area contributed by atoms with E-state index in [1.54, 1.807) is 36.7 Å². The van der Waals surface area contributed by atoms with E-state index in [2.05, 4.69) is 5.32 Å². The normalized spacial score (nSPS) is 10.9. The third-order valence-electron chi connectivity index (χ3n) is 6.13. The van der Waals surface area contributed by atoms with Gasteiger partial charge in [-0.1, -0.05) is 73.1 Å². The first-order valence-corrected chi connectivity index (χ1v) is 12.0. The largest absolute Gasteiger partial charge is 0.359 e. The van der Waals surface area contributed by atoms with Crippen LogP contribution in [0.15, 0.2) is 77.6 Å². The zero-order valence-electron chi connectivity index (χ0n) is 19.8. The summed E-state index contributed by atoms with van der Waals surface area (Å²) in [6, 6.07) is 22.6. The Morgan fingerprint density at radius 2 is 1.66 bits per heavy atom. The molecule has 1 aromatic heterocycles. The number of ketones is 1. The van der Waals surface area contributed by atoms with Gasteiger partial charge in [0.2, 0.25) is 5.91 Å². The molecular formula is C29H27ClN2O3. The van der Waals surface area contributed by atoms with Crippen molar-refractivity contribution >= 4 is 34.1 Å². The van der Waals surface area contributed by atoms with Crippen LogP contribution in [0.3, 0.4) is 0 Å². The average molecular weight is 487 g/mol. The van der Waals surface area contributed by atoms with Gasteiger partial charge in [0.25, 0.3) is 5.56 Å². The Balaban J connectivity index is 1.93. The lowest BCUT2D eigenvalue weighted by atomic mass is 9.94. The zero-order valence-corrected chi connectivity index (χ0v) is 20.6. The van der Waals surface area contributed by atoms with Crippen LogP contribution in [0.5, 0.6) is 0 Å². The molecule has 0 saturated carbocycles. The number of aromatic nitrogens is 1. The number of fused-ring (bicyclic) bond motifs is 1. The number of Topliss-reactive ketones (excluding diaryl/α,β-unsaturated/α-hetero) is 1. The van der Waals surface area contributed by atoms with Crippen LogP contribution >= 0.6 is 11.6 Å². The van der Waals surface area contributed by atoms with E-state index in [0.29, 0.717) is 39.9 Å². The van der Waals surface area contributed by atoms with Crippen LogP contribution in [0.1, 0.15) is 41.4 Å². The van der Waals surface area contributed by atoms with Gasteiger partial charge in [-0.05, 0) is 46.7 Å². The lowest BCUT2D eigenvalue weighted by molar-refractivity contribution is -0.120. The highest BCUT2D eigenvalue weighted by molar-refractivity contribution is 6.31. The van der Waals surface area contributed by atoms with Gasteiger partial charge >= 0.3 is 0 Å². The predicted molar refractivity (Wildman–Crippen MR) is 141 cm³/mol. The molecule has 0 aliphatic rings. The van der Waals surface area contributed by atoms with Crippen LogP contribution in [-0.2, 0) is 17.8 Å². The summed E-state index contributed by atoms with van der Waals surface area (Å²) in [6.07, 6.45) is 1.24. The topological polar surface area (TPSA) is 68.2 Å². The first kappa shape index (κ1) is 24.4. The number of amides is 1. The molecule has 1 amide bonds. The highest BCUT2D eigenvalue weighted by atomic mass is 35.5. The molecule has 1 heterocycles. The number of rotatable bonds is 8. The van der Waals surface area contributed by atoms with Crippen LogP contribution < -0.4 is 10.9 Å². The van der Waals surface area contributed by atoms with E-state index in [9.17, 15) is 14.4 Å². The number of nitrogens with zero attached hydrogens (tertiary/aromatic N) is 1. The monoisotopic (exact) mass is 486 g/mol. The van der Waals surface area contributed by atoms with Gasteiger partial charge in [0.15, 0.2) is 5.78 Å². The molecule has 35 heavy (non-hydrogen) atoms. The van der Waals surface area contributed by atoms with Gasteiger partial charge in [-0.15, -0.1) is 0 Å². The summed E-state index contributed by atoms with van der Waals surface area (Å²) in [5.74, 6) is -0.137. The SMILES string of the molecule is CCC(=O)c1c(-c2ccccc2)c2cc(Cl)ccc2c(=O)n1Cc1cccc(CCC(=O)NC)c1. The molecule has 0 fully saturated rings. The van der Waals surface area contributed by atoms with E-state index >= 15 is 0 Å². The molecule has 6 heteroatoms. The number of carbonyl (C=O) groups excluding carboxylic acids is 2. The van der Waals surface area contributed by atoms with Crippen molar-refractivity contribution in [1.82, 2.24) is 9.88 Å². The summed E-state index contributed by atoms with van der Waals surface area (Å²) < 4.78 is 1.59. The van der Waals surface area contributed by atoms with Gasteiger partial charge in [0.05, 0.1) is 12.2 Å². The minimum Gasteiger partial charge on any atom is -0.359 e. The maximum absolute atomic E-state index is 13.7. The minimum atomic E-state index is -0.232. The van der Waals surface area contributed by atoms with E-state index in [1.165, 1.54) is 0 Å². The fourth-order valence-electron chi connectivity index (χ4n) is 4.37. The molecule has 0 atom stereocenters. The van der Waals surface area contributed by atoms with Crippen molar-refractivity contribution in [3.8, 4) is 11.1 Å². The van der Waals surface area contributed by atoms with E-state index < -0.39 is 0 Å². The van der Waals surface area contributed by atoms with Crippen molar-refractivity contribution in [3.63, 3.8) is 0 Å². The molecular weight excluding hydrogens is 460 g/mol. The molecule has 3 aromatic carbocycles. The van der Waals surface area contributed by atoms with Crippen molar-refractivity contribution in [3.05, 3.63) is 105 Å². The van der Waals surface area contributed by atoms with Crippen molar-refractivity contribution in [2.24, 2.45) is 0 Å². The Morgan fingerprint density at radius 3 is 2.37 bits per heavy atom. The Labute approximate surface area is 209 Å². The van der Waals surface area contributed by atoms with E-state index in [0.717, 1.165) is 16.7 Å². The molecule has 0 radical (unpaired) electrons. The second kappa shape index (κ2) is 10.7. The first-order valence-electron chi connectivity index (χ1n) is 11.7. The minimum absolute atomic E-state index is 0.0249. The summed E-state index contributed by atoms with van der Waals surface area (Å²) >= 11 is 6.32. The van der Waals surface area contributed by atoms with Gasteiger partial charge in [-0.2, -0.15) is 0 Å². The van der Waals surface area contributed by atoms with E-state index in [4.69, 9.17) is 11.6 Å². The number of benzene rings is 3. The molecule has 0 saturated heterocycles. The highest BCUT2D eigenvalue weighted by Crippen LogP contribution is 2.33. The van der Waals surface area contributed by atoms with Crippen LogP contribution in [0.25, 0.3) is 21.9 Å². The number of halogens is 1. The first-order chi connectivity index (χ1) is 16.9. The third-order valence-corrected chi connectivity index (χ3v) is 6.37. The molecule has 178 valence electrons. The molecule has 0 unspecified atom stereocenters. The van der Waals surface area contributed by atoms with Gasteiger partial charge in [-0.25, -0.2) is 0 Å². The van der Waals surface area contributed by atoms with E-state index in [1.807, 2.05) is 54.6 Å². The molecule has 1 N–H and O–H groups in total. The fourth-order valence-corrected chi connectivity index (χ4v) is 4.55. The smallest absolute Gasteiger partial charge is 0.259 e. The van der Waals surface area contributed by atoms with Gasteiger partial charge < -0.3 is 5.32 Å². The highest BCUT2D eigenvalue weighted by Gasteiger charge is 2.23. The van der Waals surface area contributed by atoms with Gasteiger partial charge in [0, 0.05) is 35.9 Å². The van der Waals surface area contributed by atoms with Crippen molar-refractivity contribution < 1.29 is 9.59 Å². The summed E-state index contributed by atoms with van der Waals surface area (Å²) in [7, 11) is 1.62. The summed E-state index contributed by atoms with van der Waals surface area (Å²) in [5.41, 5.74) is 3.60. The predicted octanol–water partition coefficient (Wildman–Crippen LogP) is 5.64. The molecule has 4 aromatic rings. The maximum atomic E-state index is 13.7. The van der Waals surface area contributed by atoms with E-state index in [-0.39, 0.29) is 30.2 Å². The molecule has 0 bridgehead atoms. The summed E-state index contributed by atoms with van der Waals surface area (Å²) in [4.78, 5) is 38.7. The Hall–Kier alpha value is -3.70. The third kappa shape index (κ3) is 5.20. The Bertz CT molecular complexity index is 1460. The fraction of sp³-hybridized carbons (Fsp3) is 0.207. The zero-order chi connectivity index (χ0) is 24.9. The van der Waals surface area contributed by atoms with Crippen LogP contribution in [0, 0.1) is 0 Å². The van der Waals surface area contributed by atoms with Gasteiger partial charge in [0.1, 0.15) is 0 Å². The summed E-state index contributed by atoms with van der Waals surface area (Å²) in [5, 5.41) is 4.32. The molecule has 5 nitrogen and oxygen atoms in total. The maximum Gasteiger partial charge on any atom is 0.259 e. The lowest BCUT2D eigenvalue weighted by Crippen LogP contribution is -2.28. The second-order valence-corrected chi connectivity index (χ2v) is 8.88. The molecule has 0 spiro atoms. The molecule has 0 aliphatic heterocycles. The number of nitrogens with one attached hydrogen (secondary N) is 1. The number of hydrogen-bond donors (Lipinski definition) is 1. The van der Waals surface area contributed by atoms with Crippen molar-refractivity contribution in [2.75, 3.05) is 7.05 Å². The Morgan fingerprint density at radius 1 is 0.914 bits per heavy atom. The van der Waals surface area contributed by atoms with Crippen LogP contribution in [0.2, 0.25) is 5.02 Å². The standard InChI is InChI=1S/C29H27ClN2O3/c1-3-25(33)28-27(21-10-5-4-6-11-21)24-17-22(30)13-14-23(24)29(35)32(28)18-20-9-7-8-19(16-20)12-15-26(34)31-2/h4-11,13-14,16-17H,3,12,15,18H2,1-2H3,(H,31,34). The number of hydrogen-bond acceptors (Lipinski definition) is 3. The second-order valence-electron chi connectivity index (χ2n) is 8.44. The van der Waals surface area contributed by atoms with Crippen LogP contribution in [-0.4, -0.2) is 23.3 Å². The van der Waals surface area contributed by atoms with Crippen molar-refractivity contribution in [1.29, 1.82) is 0 Å². The molecule has 4 rings (SSSR count). The lowest BCUT2D eigenvalue weighted by Gasteiger charge is -2.20. The Kier molecular flexibility index (Phi) is 7.47. The quantitative estimate of drug-likeness (QED) is 0.328.